The molecule has 1 aliphatic heterocycles. The van der Waals surface area contributed by atoms with Crippen molar-refractivity contribution in [2.45, 2.75) is 24.7 Å². The van der Waals surface area contributed by atoms with Crippen LogP contribution in [0, 0.1) is 0 Å². The second kappa shape index (κ2) is 11.0. The van der Waals surface area contributed by atoms with Gasteiger partial charge in [-0.25, -0.2) is 4.98 Å². The van der Waals surface area contributed by atoms with Crippen LogP contribution in [0.3, 0.4) is 0 Å². The Balaban J connectivity index is 1.23. The van der Waals surface area contributed by atoms with Crippen molar-refractivity contribution in [1.82, 2.24) is 4.98 Å². The van der Waals surface area contributed by atoms with Gasteiger partial charge in [-0.15, -0.1) is 0 Å². The Labute approximate surface area is 310 Å². The summed E-state index contributed by atoms with van der Waals surface area (Å²) in [5.74, 6) is 1.84. The van der Waals surface area contributed by atoms with E-state index in [4.69, 9.17) is 9.72 Å². The normalized spacial score (nSPS) is 14.7. The molecule has 0 amide bonds. The monoisotopic (exact) mass is 677 g/mol. The number of para-hydroxylation sites is 1. The molecule has 2 heteroatoms. The van der Waals surface area contributed by atoms with E-state index in [0.717, 1.165) is 39.6 Å². The van der Waals surface area contributed by atoms with Crippen molar-refractivity contribution in [3.63, 3.8) is 0 Å². The standard InChI is InChI=1S/C51H35NO/c1-50(2)41-26-15-22-37(45-31-34(32-16-5-3-6-17-32)30-44(52-45)33-18-7-4-8-19-33)47(41)48-42(50)28-29-43-49(48)53-46-27-14-13-25-40(46)51(43)38-23-11-9-20-35(38)36-21-10-12-24-39(36)51/h3-31H,1-2H3. The van der Waals surface area contributed by atoms with Crippen molar-refractivity contribution in [3.8, 4) is 67.4 Å². The fourth-order valence-corrected chi connectivity index (χ4v) is 9.61. The van der Waals surface area contributed by atoms with Gasteiger partial charge in [-0.05, 0) is 68.3 Å². The van der Waals surface area contributed by atoms with Gasteiger partial charge in [-0.1, -0.05) is 172 Å². The minimum Gasteiger partial charge on any atom is -0.456 e. The molecule has 7 aromatic carbocycles. The first kappa shape index (κ1) is 30.1. The number of hydrogen-bond donors (Lipinski definition) is 0. The van der Waals surface area contributed by atoms with E-state index in [1.807, 2.05) is 0 Å². The van der Waals surface area contributed by atoms with Crippen molar-refractivity contribution in [3.05, 3.63) is 209 Å². The molecule has 2 heterocycles. The zero-order chi connectivity index (χ0) is 35.3. The Morgan fingerprint density at radius 2 is 0.925 bits per heavy atom. The molecule has 0 atom stereocenters. The lowest BCUT2D eigenvalue weighted by Crippen LogP contribution is -2.32. The highest BCUT2D eigenvalue weighted by Gasteiger charge is 2.53. The maximum absolute atomic E-state index is 7.24. The Morgan fingerprint density at radius 1 is 0.396 bits per heavy atom. The van der Waals surface area contributed by atoms with Gasteiger partial charge in [0, 0.05) is 33.2 Å². The van der Waals surface area contributed by atoms with E-state index in [-0.39, 0.29) is 5.41 Å². The van der Waals surface area contributed by atoms with Gasteiger partial charge in [0.1, 0.15) is 11.5 Å². The molecular weight excluding hydrogens is 643 g/mol. The van der Waals surface area contributed by atoms with Crippen molar-refractivity contribution in [1.29, 1.82) is 0 Å². The summed E-state index contributed by atoms with van der Waals surface area (Å²) in [5, 5.41) is 0. The summed E-state index contributed by atoms with van der Waals surface area (Å²) in [6.07, 6.45) is 0. The van der Waals surface area contributed by atoms with E-state index in [2.05, 4.69) is 190 Å². The first-order valence-electron chi connectivity index (χ1n) is 18.5. The number of hydrogen-bond acceptors (Lipinski definition) is 2. The molecule has 1 spiro atoms. The van der Waals surface area contributed by atoms with Crippen molar-refractivity contribution in [2.24, 2.45) is 0 Å². The van der Waals surface area contributed by atoms with Crippen molar-refractivity contribution >= 4 is 0 Å². The highest BCUT2D eigenvalue weighted by molar-refractivity contribution is 5.98. The van der Waals surface area contributed by atoms with Gasteiger partial charge >= 0.3 is 0 Å². The quantitative estimate of drug-likeness (QED) is 0.186. The molecule has 0 N–H and O–H groups in total. The molecular formula is C51H35NO. The molecule has 11 rings (SSSR count). The maximum Gasteiger partial charge on any atom is 0.140 e. The molecule has 0 saturated carbocycles. The van der Waals surface area contributed by atoms with Crippen LogP contribution in [0.4, 0.5) is 0 Å². The molecule has 3 aliphatic rings. The predicted molar refractivity (Wildman–Crippen MR) is 215 cm³/mol. The number of rotatable bonds is 3. The first-order chi connectivity index (χ1) is 26.0. The zero-order valence-electron chi connectivity index (χ0n) is 29.6. The van der Waals surface area contributed by atoms with Crippen LogP contribution >= 0.6 is 0 Å². The predicted octanol–water partition coefficient (Wildman–Crippen LogP) is 12.9. The minimum absolute atomic E-state index is 0.256. The largest absolute Gasteiger partial charge is 0.456 e. The molecule has 1 aromatic heterocycles. The van der Waals surface area contributed by atoms with Crippen LogP contribution in [0.2, 0.25) is 0 Å². The molecule has 250 valence electrons. The molecule has 0 fully saturated rings. The molecule has 8 aromatic rings. The maximum atomic E-state index is 7.24. The topological polar surface area (TPSA) is 22.1 Å². The van der Waals surface area contributed by atoms with Gasteiger partial charge in [-0.2, -0.15) is 0 Å². The summed E-state index contributed by atoms with van der Waals surface area (Å²) in [6.45, 7) is 4.70. The summed E-state index contributed by atoms with van der Waals surface area (Å²) in [7, 11) is 0. The smallest absolute Gasteiger partial charge is 0.140 e. The van der Waals surface area contributed by atoms with Crippen molar-refractivity contribution in [2.75, 3.05) is 0 Å². The Bertz CT molecular complexity index is 2670. The molecule has 0 saturated heterocycles. The van der Waals surface area contributed by atoms with E-state index >= 15 is 0 Å². The van der Waals surface area contributed by atoms with Crippen LogP contribution in [0.1, 0.15) is 47.2 Å². The molecule has 2 aliphatic carbocycles. The van der Waals surface area contributed by atoms with Crippen LogP contribution in [0.5, 0.6) is 11.5 Å². The second-order valence-corrected chi connectivity index (χ2v) is 15.0. The third-order valence-electron chi connectivity index (χ3n) is 12.0. The first-order valence-corrected chi connectivity index (χ1v) is 18.5. The van der Waals surface area contributed by atoms with Crippen LogP contribution < -0.4 is 4.74 Å². The zero-order valence-corrected chi connectivity index (χ0v) is 29.6. The third kappa shape index (κ3) is 4.06. The van der Waals surface area contributed by atoms with Gasteiger partial charge in [-0.3, -0.25) is 0 Å². The average molecular weight is 678 g/mol. The lowest BCUT2D eigenvalue weighted by atomic mass is 9.65. The van der Waals surface area contributed by atoms with Crippen LogP contribution in [0.15, 0.2) is 176 Å². The summed E-state index contributed by atoms with van der Waals surface area (Å²) in [5.41, 5.74) is 18.1. The van der Waals surface area contributed by atoms with E-state index in [0.29, 0.717) is 0 Å². The number of ether oxygens (including phenoxy) is 1. The summed E-state index contributed by atoms with van der Waals surface area (Å²) < 4.78 is 7.24. The number of aromatic nitrogens is 1. The number of fused-ring (bicyclic) bond motifs is 13. The van der Waals surface area contributed by atoms with E-state index in [9.17, 15) is 0 Å². The van der Waals surface area contributed by atoms with E-state index in [1.54, 1.807) is 0 Å². The Hall–Kier alpha value is -6.51. The SMILES string of the molecule is CC1(C)c2cccc(-c3cc(-c4ccccc4)cc(-c4ccccc4)n3)c2-c2c1ccc1c2Oc2ccccc2C12c1ccccc1-c1ccccc12. The summed E-state index contributed by atoms with van der Waals surface area (Å²) in [4.78, 5) is 5.44. The van der Waals surface area contributed by atoms with Gasteiger partial charge in [0.25, 0.3) is 0 Å². The van der Waals surface area contributed by atoms with Crippen LogP contribution in [-0.4, -0.2) is 4.98 Å². The molecule has 0 bridgehead atoms. The Kier molecular flexibility index (Phi) is 6.25. The second-order valence-electron chi connectivity index (χ2n) is 15.0. The molecule has 2 nitrogen and oxygen atoms in total. The lowest BCUT2D eigenvalue weighted by Gasteiger charge is -2.40. The van der Waals surface area contributed by atoms with Gasteiger partial charge in [0.15, 0.2) is 0 Å². The van der Waals surface area contributed by atoms with E-state index in [1.165, 1.54) is 61.2 Å². The minimum atomic E-state index is -0.528. The lowest BCUT2D eigenvalue weighted by molar-refractivity contribution is 0.437. The molecule has 0 unspecified atom stereocenters. The Morgan fingerprint density at radius 3 is 1.64 bits per heavy atom. The van der Waals surface area contributed by atoms with E-state index < -0.39 is 5.41 Å². The average Bonchev–Trinajstić information content (AvgIpc) is 3.64. The third-order valence-corrected chi connectivity index (χ3v) is 12.0. The number of benzene rings is 7. The van der Waals surface area contributed by atoms with Gasteiger partial charge in [0.2, 0.25) is 0 Å². The summed E-state index contributed by atoms with van der Waals surface area (Å²) in [6, 6.07) is 63.7. The fourth-order valence-electron chi connectivity index (χ4n) is 9.61. The fraction of sp³-hybridized carbons (Fsp3) is 0.0784. The highest BCUT2D eigenvalue weighted by atomic mass is 16.5. The molecule has 0 radical (unpaired) electrons. The van der Waals surface area contributed by atoms with Crippen molar-refractivity contribution < 1.29 is 4.74 Å². The molecule has 53 heavy (non-hydrogen) atoms. The van der Waals surface area contributed by atoms with Crippen LogP contribution in [-0.2, 0) is 10.8 Å². The van der Waals surface area contributed by atoms with Crippen LogP contribution in [0.25, 0.3) is 55.9 Å². The number of pyridine rings is 1. The number of nitrogens with zero attached hydrogens (tertiary/aromatic N) is 1. The van der Waals surface area contributed by atoms with Gasteiger partial charge < -0.3 is 4.74 Å². The highest BCUT2D eigenvalue weighted by Crippen LogP contribution is 2.66. The summed E-state index contributed by atoms with van der Waals surface area (Å²) >= 11 is 0. The van der Waals surface area contributed by atoms with Gasteiger partial charge in [0.05, 0.1) is 16.8 Å².